The van der Waals surface area contributed by atoms with E-state index in [1.54, 1.807) is 0 Å². The van der Waals surface area contributed by atoms with Crippen molar-refractivity contribution in [2.45, 2.75) is 32.7 Å². The van der Waals surface area contributed by atoms with Crippen LogP contribution in [-0.2, 0) is 12.0 Å². The van der Waals surface area contributed by atoms with Gasteiger partial charge in [0, 0.05) is 23.2 Å². The largest absolute Gasteiger partial charge is 0.307 e. The molecule has 0 radical (unpaired) electrons. The molecule has 0 amide bonds. The maximum Gasteiger partial charge on any atom is 0.160 e. The molecular weight excluding hydrogens is 282 g/mol. The maximum atomic E-state index is 6.08. The van der Waals surface area contributed by atoms with Crippen LogP contribution in [0.15, 0.2) is 42.6 Å². The summed E-state index contributed by atoms with van der Waals surface area (Å²) in [5, 5.41) is 0.754. The third-order valence-electron chi connectivity index (χ3n) is 3.41. The SMILES string of the molecule is CC(C)(C)n1c(Cc2cccc(Cl)c2)nc2cccnc21. The number of halogens is 1. The van der Waals surface area contributed by atoms with E-state index in [1.165, 1.54) is 0 Å². The fraction of sp³-hybridized carbons (Fsp3) is 0.294. The predicted molar refractivity (Wildman–Crippen MR) is 86.8 cm³/mol. The van der Waals surface area contributed by atoms with Gasteiger partial charge in [-0.25, -0.2) is 9.97 Å². The van der Waals surface area contributed by atoms with E-state index in [-0.39, 0.29) is 5.54 Å². The maximum absolute atomic E-state index is 6.08. The summed E-state index contributed by atoms with van der Waals surface area (Å²) in [6.07, 6.45) is 2.56. The Labute approximate surface area is 129 Å². The van der Waals surface area contributed by atoms with Gasteiger partial charge in [-0.2, -0.15) is 0 Å². The minimum Gasteiger partial charge on any atom is -0.307 e. The smallest absolute Gasteiger partial charge is 0.160 e. The molecule has 0 N–H and O–H groups in total. The van der Waals surface area contributed by atoms with Crippen molar-refractivity contribution in [1.82, 2.24) is 14.5 Å². The Hall–Kier alpha value is -1.87. The van der Waals surface area contributed by atoms with Crippen LogP contribution in [0.5, 0.6) is 0 Å². The molecule has 0 aliphatic rings. The van der Waals surface area contributed by atoms with E-state index in [9.17, 15) is 0 Å². The molecule has 4 heteroatoms. The molecule has 3 aromatic rings. The summed E-state index contributed by atoms with van der Waals surface area (Å²) in [6, 6.07) is 11.9. The number of rotatable bonds is 2. The number of aromatic nitrogens is 3. The van der Waals surface area contributed by atoms with Crippen LogP contribution in [0.25, 0.3) is 11.2 Å². The molecule has 0 saturated heterocycles. The molecule has 2 aromatic heterocycles. The standard InChI is InChI=1S/C17H18ClN3/c1-17(2,3)21-15(11-12-6-4-7-13(18)10-12)20-14-8-5-9-19-16(14)21/h4-10H,11H2,1-3H3. The second kappa shape index (κ2) is 5.15. The first kappa shape index (κ1) is 14.1. The quantitative estimate of drug-likeness (QED) is 0.701. The third kappa shape index (κ3) is 2.79. The number of fused-ring (bicyclic) bond motifs is 1. The van der Waals surface area contributed by atoms with Crippen LogP contribution in [0.3, 0.4) is 0 Å². The first-order chi connectivity index (χ1) is 9.95. The first-order valence-electron chi connectivity index (χ1n) is 7.02. The van der Waals surface area contributed by atoms with Crippen molar-refractivity contribution in [3.05, 3.63) is 59.0 Å². The molecule has 0 unspecified atom stereocenters. The van der Waals surface area contributed by atoms with Crippen LogP contribution in [0.4, 0.5) is 0 Å². The van der Waals surface area contributed by atoms with Crippen LogP contribution in [0.2, 0.25) is 5.02 Å². The zero-order valence-electron chi connectivity index (χ0n) is 12.5. The summed E-state index contributed by atoms with van der Waals surface area (Å²) in [5.41, 5.74) is 2.95. The zero-order valence-corrected chi connectivity index (χ0v) is 13.2. The highest BCUT2D eigenvalue weighted by atomic mass is 35.5. The predicted octanol–water partition coefficient (Wildman–Crippen LogP) is 4.43. The van der Waals surface area contributed by atoms with Gasteiger partial charge in [0.15, 0.2) is 5.65 Å². The topological polar surface area (TPSA) is 30.7 Å². The molecule has 0 atom stereocenters. The highest BCUT2D eigenvalue weighted by Crippen LogP contribution is 2.25. The molecule has 0 saturated carbocycles. The van der Waals surface area contributed by atoms with Crippen LogP contribution in [0, 0.1) is 0 Å². The Morgan fingerprint density at radius 3 is 2.67 bits per heavy atom. The lowest BCUT2D eigenvalue weighted by molar-refractivity contribution is 0.394. The van der Waals surface area contributed by atoms with Crippen LogP contribution in [-0.4, -0.2) is 14.5 Å². The molecule has 3 rings (SSSR count). The summed E-state index contributed by atoms with van der Waals surface area (Å²) in [6.45, 7) is 6.51. The van der Waals surface area contributed by atoms with E-state index in [4.69, 9.17) is 16.6 Å². The lowest BCUT2D eigenvalue weighted by Gasteiger charge is -2.24. The van der Waals surface area contributed by atoms with Gasteiger partial charge >= 0.3 is 0 Å². The second-order valence-corrected chi connectivity index (χ2v) is 6.62. The Morgan fingerprint density at radius 2 is 1.95 bits per heavy atom. The van der Waals surface area contributed by atoms with E-state index in [0.717, 1.165) is 34.0 Å². The van der Waals surface area contributed by atoms with Crippen LogP contribution < -0.4 is 0 Å². The summed E-state index contributed by atoms with van der Waals surface area (Å²) < 4.78 is 2.21. The van der Waals surface area contributed by atoms with Crippen molar-refractivity contribution in [3.63, 3.8) is 0 Å². The van der Waals surface area contributed by atoms with Gasteiger partial charge in [-0.3, -0.25) is 0 Å². The van der Waals surface area contributed by atoms with E-state index in [2.05, 4.69) is 36.4 Å². The minimum absolute atomic E-state index is 0.0724. The Morgan fingerprint density at radius 1 is 1.14 bits per heavy atom. The minimum atomic E-state index is -0.0724. The van der Waals surface area contributed by atoms with E-state index >= 15 is 0 Å². The van der Waals surface area contributed by atoms with Crippen molar-refractivity contribution in [3.8, 4) is 0 Å². The van der Waals surface area contributed by atoms with Gasteiger partial charge in [0.25, 0.3) is 0 Å². The van der Waals surface area contributed by atoms with Crippen molar-refractivity contribution >= 4 is 22.8 Å². The van der Waals surface area contributed by atoms with Gasteiger partial charge in [0.05, 0.1) is 0 Å². The average Bonchev–Trinajstić information content (AvgIpc) is 2.76. The van der Waals surface area contributed by atoms with Crippen molar-refractivity contribution < 1.29 is 0 Å². The molecular formula is C17H18ClN3. The summed E-state index contributed by atoms with van der Waals surface area (Å²) in [7, 11) is 0. The van der Waals surface area contributed by atoms with Crippen molar-refractivity contribution in [2.75, 3.05) is 0 Å². The Bertz CT molecular complexity index is 784. The third-order valence-corrected chi connectivity index (χ3v) is 3.64. The number of nitrogens with zero attached hydrogens (tertiary/aromatic N) is 3. The number of benzene rings is 1. The monoisotopic (exact) mass is 299 g/mol. The summed E-state index contributed by atoms with van der Waals surface area (Å²) in [5.74, 6) is 1.01. The summed E-state index contributed by atoms with van der Waals surface area (Å²) in [4.78, 5) is 9.26. The first-order valence-corrected chi connectivity index (χ1v) is 7.40. The average molecular weight is 300 g/mol. The van der Waals surface area contributed by atoms with Gasteiger partial charge < -0.3 is 4.57 Å². The van der Waals surface area contributed by atoms with Crippen LogP contribution in [0.1, 0.15) is 32.2 Å². The molecule has 0 aliphatic heterocycles. The highest BCUT2D eigenvalue weighted by molar-refractivity contribution is 6.30. The van der Waals surface area contributed by atoms with Gasteiger partial charge in [-0.05, 0) is 50.6 Å². The van der Waals surface area contributed by atoms with Gasteiger partial charge in [0.1, 0.15) is 11.3 Å². The lowest BCUT2D eigenvalue weighted by atomic mass is 10.1. The van der Waals surface area contributed by atoms with E-state index in [0.29, 0.717) is 0 Å². The molecule has 108 valence electrons. The highest BCUT2D eigenvalue weighted by Gasteiger charge is 2.22. The van der Waals surface area contributed by atoms with E-state index in [1.807, 2.05) is 36.5 Å². The summed E-state index contributed by atoms with van der Waals surface area (Å²) >= 11 is 6.08. The molecule has 0 spiro atoms. The Kier molecular flexibility index (Phi) is 3.46. The Balaban J connectivity index is 2.13. The number of imidazole rings is 1. The molecule has 0 aliphatic carbocycles. The van der Waals surface area contributed by atoms with Crippen LogP contribution >= 0.6 is 11.6 Å². The molecule has 0 fully saturated rings. The molecule has 21 heavy (non-hydrogen) atoms. The van der Waals surface area contributed by atoms with Crippen molar-refractivity contribution in [1.29, 1.82) is 0 Å². The number of hydrogen-bond acceptors (Lipinski definition) is 2. The number of hydrogen-bond donors (Lipinski definition) is 0. The molecule has 2 heterocycles. The molecule has 1 aromatic carbocycles. The van der Waals surface area contributed by atoms with Gasteiger partial charge in [-0.15, -0.1) is 0 Å². The zero-order chi connectivity index (χ0) is 15.0. The number of pyridine rings is 1. The lowest BCUT2D eigenvalue weighted by Crippen LogP contribution is -2.24. The van der Waals surface area contributed by atoms with Gasteiger partial charge in [-0.1, -0.05) is 23.7 Å². The fourth-order valence-corrected chi connectivity index (χ4v) is 2.83. The second-order valence-electron chi connectivity index (χ2n) is 6.19. The van der Waals surface area contributed by atoms with E-state index < -0.39 is 0 Å². The fourth-order valence-electron chi connectivity index (χ4n) is 2.61. The van der Waals surface area contributed by atoms with Gasteiger partial charge in [0.2, 0.25) is 0 Å². The molecule has 3 nitrogen and oxygen atoms in total. The van der Waals surface area contributed by atoms with Crippen molar-refractivity contribution in [2.24, 2.45) is 0 Å². The molecule has 0 bridgehead atoms. The normalized spacial score (nSPS) is 12.0.